The molecule has 2 aromatic carbocycles. The van der Waals surface area contributed by atoms with E-state index in [0.717, 1.165) is 11.3 Å². The number of hydrogen-bond donors (Lipinski definition) is 2. The van der Waals surface area contributed by atoms with Crippen LogP contribution in [-0.2, 0) is 4.79 Å². The first-order valence-corrected chi connectivity index (χ1v) is 8.90. The number of anilines is 2. The molecule has 0 aromatic heterocycles. The summed E-state index contributed by atoms with van der Waals surface area (Å²) in [6, 6.07) is 12.8. The van der Waals surface area contributed by atoms with Crippen molar-refractivity contribution in [2.75, 3.05) is 30.1 Å². The van der Waals surface area contributed by atoms with E-state index in [1.54, 1.807) is 23.1 Å². The monoisotopic (exact) mass is 367 g/mol. The highest BCUT2D eigenvalue weighted by molar-refractivity contribution is 5.96. The smallest absolute Gasteiger partial charge is 0.319 e. The van der Waals surface area contributed by atoms with Gasteiger partial charge in [-0.15, -0.1) is 0 Å². The highest BCUT2D eigenvalue weighted by atomic mass is 16.7. The number of carbonyl (C=O) groups excluding carboxylic acids is 2. The minimum absolute atomic E-state index is 0.0845. The van der Waals surface area contributed by atoms with Gasteiger partial charge in [-0.25, -0.2) is 4.79 Å². The summed E-state index contributed by atoms with van der Waals surface area (Å²) in [5.74, 6) is 1.45. The molecule has 0 aliphatic carbocycles. The highest BCUT2D eigenvalue weighted by Crippen LogP contribution is 2.34. The summed E-state index contributed by atoms with van der Waals surface area (Å²) < 4.78 is 10.5. The third-order valence-electron chi connectivity index (χ3n) is 4.73. The zero-order chi connectivity index (χ0) is 18.8. The van der Waals surface area contributed by atoms with E-state index >= 15 is 0 Å². The maximum atomic E-state index is 12.3. The molecule has 3 amide bonds. The van der Waals surface area contributed by atoms with Crippen LogP contribution in [0, 0.1) is 12.8 Å². The minimum atomic E-state index is -0.310. The number of nitrogens with zero attached hydrogens (tertiary/aromatic N) is 1. The van der Waals surface area contributed by atoms with Crippen LogP contribution in [0.5, 0.6) is 11.5 Å². The Kier molecular flexibility index (Phi) is 4.58. The van der Waals surface area contributed by atoms with Gasteiger partial charge >= 0.3 is 6.03 Å². The Morgan fingerprint density at radius 2 is 1.93 bits per heavy atom. The van der Waals surface area contributed by atoms with Crippen molar-refractivity contribution in [1.82, 2.24) is 5.32 Å². The Bertz CT molecular complexity index is 866. The van der Waals surface area contributed by atoms with E-state index in [-0.39, 0.29) is 24.6 Å². The molecule has 7 heteroatoms. The van der Waals surface area contributed by atoms with Gasteiger partial charge in [-0.3, -0.25) is 4.79 Å². The number of rotatable bonds is 4. The lowest BCUT2D eigenvalue weighted by Crippen LogP contribution is -2.34. The van der Waals surface area contributed by atoms with Crippen molar-refractivity contribution < 1.29 is 19.1 Å². The van der Waals surface area contributed by atoms with Gasteiger partial charge in [-0.05, 0) is 31.2 Å². The second-order valence-corrected chi connectivity index (χ2v) is 6.81. The summed E-state index contributed by atoms with van der Waals surface area (Å²) in [6.07, 6.45) is 0.429. The first-order valence-electron chi connectivity index (χ1n) is 8.90. The van der Waals surface area contributed by atoms with E-state index in [1.807, 2.05) is 31.2 Å². The molecule has 27 heavy (non-hydrogen) atoms. The molecule has 1 atom stereocenters. The van der Waals surface area contributed by atoms with Gasteiger partial charge in [-0.1, -0.05) is 17.7 Å². The minimum Gasteiger partial charge on any atom is -0.454 e. The predicted octanol–water partition coefficient (Wildman–Crippen LogP) is 2.90. The van der Waals surface area contributed by atoms with Crippen LogP contribution in [0.25, 0.3) is 0 Å². The van der Waals surface area contributed by atoms with Crippen LogP contribution in [-0.4, -0.2) is 31.8 Å². The number of ether oxygens (including phenoxy) is 2. The largest absolute Gasteiger partial charge is 0.454 e. The standard InChI is InChI=1S/C20H21N3O4/c1-13-2-5-16(6-3-13)23-11-14(8-19(23)24)10-21-20(25)22-15-4-7-17-18(9-15)27-12-26-17/h2-7,9,14H,8,10-12H2,1H3,(H2,21,22,25). The van der Waals surface area contributed by atoms with Crippen molar-refractivity contribution in [1.29, 1.82) is 0 Å². The van der Waals surface area contributed by atoms with Gasteiger partial charge in [0.2, 0.25) is 12.7 Å². The molecule has 2 aliphatic rings. The van der Waals surface area contributed by atoms with E-state index < -0.39 is 0 Å². The topological polar surface area (TPSA) is 79.9 Å². The fourth-order valence-corrected chi connectivity index (χ4v) is 3.28. The molecule has 0 bridgehead atoms. The van der Waals surface area contributed by atoms with Gasteiger partial charge in [0.25, 0.3) is 0 Å². The van der Waals surface area contributed by atoms with Crippen LogP contribution in [0.3, 0.4) is 0 Å². The van der Waals surface area contributed by atoms with E-state index in [1.165, 1.54) is 0 Å². The molecular weight excluding hydrogens is 346 g/mol. The Hall–Kier alpha value is -3.22. The van der Waals surface area contributed by atoms with Crippen molar-refractivity contribution in [3.63, 3.8) is 0 Å². The van der Waals surface area contributed by atoms with E-state index in [2.05, 4.69) is 10.6 Å². The molecule has 140 valence electrons. The van der Waals surface area contributed by atoms with Crippen molar-refractivity contribution >= 4 is 23.3 Å². The molecular formula is C20H21N3O4. The van der Waals surface area contributed by atoms with Gasteiger partial charge in [0.05, 0.1) is 0 Å². The molecule has 2 N–H and O–H groups in total. The molecule has 4 rings (SSSR count). The van der Waals surface area contributed by atoms with Crippen LogP contribution in [0.1, 0.15) is 12.0 Å². The van der Waals surface area contributed by atoms with Crippen molar-refractivity contribution in [2.24, 2.45) is 5.92 Å². The van der Waals surface area contributed by atoms with Crippen LogP contribution in [0.15, 0.2) is 42.5 Å². The number of benzene rings is 2. The number of hydrogen-bond acceptors (Lipinski definition) is 4. The molecule has 0 radical (unpaired) electrons. The predicted molar refractivity (Wildman–Crippen MR) is 101 cm³/mol. The summed E-state index contributed by atoms with van der Waals surface area (Å²) in [5.41, 5.74) is 2.68. The normalized spacial score (nSPS) is 17.9. The first kappa shape index (κ1) is 17.2. The quantitative estimate of drug-likeness (QED) is 0.871. The summed E-state index contributed by atoms with van der Waals surface area (Å²) in [5, 5.41) is 5.61. The van der Waals surface area contributed by atoms with Gasteiger partial charge < -0.3 is 25.0 Å². The zero-order valence-electron chi connectivity index (χ0n) is 15.0. The number of nitrogens with one attached hydrogen (secondary N) is 2. The van der Waals surface area contributed by atoms with Crippen LogP contribution >= 0.6 is 0 Å². The summed E-state index contributed by atoms with van der Waals surface area (Å²) >= 11 is 0. The molecule has 7 nitrogen and oxygen atoms in total. The third-order valence-corrected chi connectivity index (χ3v) is 4.73. The Balaban J connectivity index is 1.29. The molecule has 1 fully saturated rings. The lowest BCUT2D eigenvalue weighted by atomic mass is 10.1. The molecule has 0 saturated carbocycles. The molecule has 2 heterocycles. The van der Waals surface area contributed by atoms with Gasteiger partial charge in [0, 0.05) is 42.9 Å². The fourth-order valence-electron chi connectivity index (χ4n) is 3.28. The average molecular weight is 367 g/mol. The SMILES string of the molecule is Cc1ccc(N2CC(CNC(=O)Nc3ccc4c(c3)OCO4)CC2=O)cc1. The zero-order valence-corrected chi connectivity index (χ0v) is 15.0. The Morgan fingerprint density at radius 1 is 1.15 bits per heavy atom. The van der Waals surface area contributed by atoms with Gasteiger partial charge in [0.1, 0.15) is 0 Å². The summed E-state index contributed by atoms with van der Waals surface area (Å²) in [6.45, 7) is 3.25. The average Bonchev–Trinajstić information content (AvgIpc) is 3.26. The maximum Gasteiger partial charge on any atom is 0.319 e. The lowest BCUT2D eigenvalue weighted by Gasteiger charge is -2.17. The number of urea groups is 1. The summed E-state index contributed by atoms with van der Waals surface area (Å²) in [4.78, 5) is 26.2. The highest BCUT2D eigenvalue weighted by Gasteiger charge is 2.30. The van der Waals surface area contributed by atoms with Gasteiger partial charge in [0.15, 0.2) is 11.5 Å². The Labute approximate surface area is 157 Å². The lowest BCUT2D eigenvalue weighted by molar-refractivity contribution is -0.117. The second kappa shape index (κ2) is 7.19. The van der Waals surface area contributed by atoms with Gasteiger partial charge in [-0.2, -0.15) is 0 Å². The molecule has 0 spiro atoms. The molecule has 2 aliphatic heterocycles. The maximum absolute atomic E-state index is 12.3. The van der Waals surface area contributed by atoms with Crippen molar-refractivity contribution in [3.8, 4) is 11.5 Å². The van der Waals surface area contributed by atoms with Crippen LogP contribution in [0.4, 0.5) is 16.2 Å². The Morgan fingerprint density at radius 3 is 2.74 bits per heavy atom. The van der Waals surface area contributed by atoms with E-state index in [9.17, 15) is 9.59 Å². The van der Waals surface area contributed by atoms with E-state index in [4.69, 9.17) is 9.47 Å². The fraction of sp³-hybridized carbons (Fsp3) is 0.300. The summed E-state index contributed by atoms with van der Waals surface area (Å²) in [7, 11) is 0. The number of fused-ring (bicyclic) bond motifs is 1. The van der Waals surface area contributed by atoms with Crippen LogP contribution < -0.4 is 25.0 Å². The third kappa shape index (κ3) is 3.81. The number of carbonyl (C=O) groups is 2. The van der Waals surface area contributed by atoms with Crippen molar-refractivity contribution in [3.05, 3.63) is 48.0 Å². The molecule has 2 aromatic rings. The first-order chi connectivity index (χ1) is 13.1. The number of amides is 3. The van der Waals surface area contributed by atoms with Crippen molar-refractivity contribution in [2.45, 2.75) is 13.3 Å². The number of aryl methyl sites for hydroxylation is 1. The molecule has 1 saturated heterocycles. The van der Waals surface area contributed by atoms with Crippen LogP contribution in [0.2, 0.25) is 0 Å². The molecule has 1 unspecified atom stereocenters. The second-order valence-electron chi connectivity index (χ2n) is 6.81. The van der Waals surface area contributed by atoms with E-state index in [0.29, 0.717) is 36.7 Å².